The SMILES string of the molecule is CCC1(C(=O)O)CCN(C(=O)NC2CC3CCC2C3)C1. The van der Waals surface area contributed by atoms with Gasteiger partial charge in [0.25, 0.3) is 0 Å². The molecule has 2 amide bonds. The molecular weight excluding hydrogens is 256 g/mol. The lowest BCUT2D eigenvalue weighted by Gasteiger charge is -2.27. The normalized spacial score (nSPS) is 39.2. The average molecular weight is 280 g/mol. The number of amides is 2. The Kier molecular flexibility index (Phi) is 3.38. The van der Waals surface area contributed by atoms with E-state index in [-0.39, 0.29) is 6.03 Å². The molecule has 20 heavy (non-hydrogen) atoms. The number of carboxylic acids is 1. The van der Waals surface area contributed by atoms with Crippen LogP contribution in [0.2, 0.25) is 0 Å². The van der Waals surface area contributed by atoms with Gasteiger partial charge >= 0.3 is 12.0 Å². The first-order valence-corrected chi connectivity index (χ1v) is 7.83. The van der Waals surface area contributed by atoms with Crippen molar-refractivity contribution in [1.29, 1.82) is 0 Å². The van der Waals surface area contributed by atoms with Crippen LogP contribution in [0.25, 0.3) is 0 Å². The molecule has 0 spiro atoms. The summed E-state index contributed by atoms with van der Waals surface area (Å²) < 4.78 is 0. The zero-order chi connectivity index (χ0) is 14.3. The molecule has 112 valence electrons. The van der Waals surface area contributed by atoms with Crippen molar-refractivity contribution in [3.63, 3.8) is 0 Å². The molecular formula is C15H24N2O3. The number of urea groups is 1. The molecule has 0 aromatic heterocycles. The van der Waals surface area contributed by atoms with Crippen LogP contribution in [0.4, 0.5) is 4.79 Å². The Morgan fingerprint density at radius 2 is 2.15 bits per heavy atom. The van der Waals surface area contributed by atoms with Crippen LogP contribution in [-0.2, 0) is 4.79 Å². The molecule has 5 heteroatoms. The van der Waals surface area contributed by atoms with Crippen molar-refractivity contribution in [3.05, 3.63) is 0 Å². The molecule has 0 aromatic carbocycles. The molecule has 1 saturated heterocycles. The number of nitrogens with zero attached hydrogens (tertiary/aromatic N) is 1. The number of nitrogens with one attached hydrogen (secondary N) is 1. The number of aliphatic carboxylic acids is 1. The van der Waals surface area contributed by atoms with Gasteiger partial charge < -0.3 is 15.3 Å². The minimum atomic E-state index is -0.768. The van der Waals surface area contributed by atoms with Crippen molar-refractivity contribution in [3.8, 4) is 0 Å². The second-order valence-electron chi connectivity index (χ2n) is 6.84. The molecule has 0 radical (unpaired) electrons. The fraction of sp³-hybridized carbons (Fsp3) is 0.867. The lowest BCUT2D eigenvalue weighted by atomic mass is 9.84. The number of rotatable bonds is 3. The Balaban J connectivity index is 1.58. The van der Waals surface area contributed by atoms with Crippen molar-refractivity contribution in [2.24, 2.45) is 17.3 Å². The van der Waals surface area contributed by atoms with E-state index >= 15 is 0 Å². The smallest absolute Gasteiger partial charge is 0.317 e. The molecule has 2 saturated carbocycles. The summed E-state index contributed by atoms with van der Waals surface area (Å²) in [4.78, 5) is 25.4. The van der Waals surface area contributed by atoms with Gasteiger partial charge in [-0.3, -0.25) is 4.79 Å². The van der Waals surface area contributed by atoms with Gasteiger partial charge in [0.2, 0.25) is 0 Å². The van der Waals surface area contributed by atoms with Gasteiger partial charge in [-0.1, -0.05) is 13.3 Å². The number of carboxylic acid groups (broad SMARTS) is 1. The van der Waals surface area contributed by atoms with Crippen LogP contribution in [0.5, 0.6) is 0 Å². The fourth-order valence-corrected chi connectivity index (χ4v) is 4.33. The summed E-state index contributed by atoms with van der Waals surface area (Å²) >= 11 is 0. The second-order valence-corrected chi connectivity index (χ2v) is 6.84. The Morgan fingerprint density at radius 3 is 2.65 bits per heavy atom. The number of carbonyl (C=O) groups is 2. The van der Waals surface area contributed by atoms with E-state index in [9.17, 15) is 14.7 Å². The molecule has 5 nitrogen and oxygen atoms in total. The number of likely N-dealkylation sites (tertiary alicyclic amines) is 1. The molecule has 1 heterocycles. The summed E-state index contributed by atoms with van der Waals surface area (Å²) in [5, 5.41) is 12.5. The van der Waals surface area contributed by atoms with Gasteiger partial charge in [-0.25, -0.2) is 4.79 Å². The van der Waals surface area contributed by atoms with E-state index in [2.05, 4.69) is 5.32 Å². The van der Waals surface area contributed by atoms with Crippen molar-refractivity contribution in [2.75, 3.05) is 13.1 Å². The van der Waals surface area contributed by atoms with Crippen molar-refractivity contribution in [2.45, 2.75) is 51.5 Å². The van der Waals surface area contributed by atoms with Crippen LogP contribution in [0.1, 0.15) is 45.4 Å². The summed E-state index contributed by atoms with van der Waals surface area (Å²) in [5.74, 6) is 0.690. The number of hydrogen-bond acceptors (Lipinski definition) is 2. The maximum absolute atomic E-state index is 12.3. The zero-order valence-corrected chi connectivity index (χ0v) is 12.1. The van der Waals surface area contributed by atoms with Crippen LogP contribution < -0.4 is 5.32 Å². The van der Waals surface area contributed by atoms with E-state index in [1.54, 1.807) is 4.90 Å². The summed E-state index contributed by atoms with van der Waals surface area (Å²) in [6.07, 6.45) is 6.09. The lowest BCUT2D eigenvalue weighted by Crippen LogP contribution is -2.47. The third-order valence-corrected chi connectivity index (χ3v) is 5.82. The van der Waals surface area contributed by atoms with Crippen molar-refractivity contribution >= 4 is 12.0 Å². The van der Waals surface area contributed by atoms with E-state index < -0.39 is 11.4 Å². The first-order chi connectivity index (χ1) is 9.54. The van der Waals surface area contributed by atoms with E-state index in [1.807, 2.05) is 6.92 Å². The minimum absolute atomic E-state index is 0.0564. The van der Waals surface area contributed by atoms with Gasteiger partial charge in [-0.15, -0.1) is 0 Å². The molecule has 2 aliphatic carbocycles. The monoisotopic (exact) mass is 280 g/mol. The third-order valence-electron chi connectivity index (χ3n) is 5.82. The van der Waals surface area contributed by atoms with Gasteiger partial charge in [0.15, 0.2) is 0 Å². The first kappa shape index (κ1) is 13.7. The molecule has 3 fully saturated rings. The Labute approximate surface area is 119 Å². The summed E-state index contributed by atoms with van der Waals surface area (Å²) in [6.45, 7) is 2.81. The van der Waals surface area contributed by atoms with Crippen molar-refractivity contribution < 1.29 is 14.7 Å². The molecule has 3 rings (SSSR count). The maximum Gasteiger partial charge on any atom is 0.317 e. The number of hydrogen-bond donors (Lipinski definition) is 2. The lowest BCUT2D eigenvalue weighted by molar-refractivity contribution is -0.148. The summed E-state index contributed by atoms with van der Waals surface area (Å²) in [7, 11) is 0. The van der Waals surface area contributed by atoms with Crippen LogP contribution in [0.15, 0.2) is 0 Å². The highest BCUT2D eigenvalue weighted by atomic mass is 16.4. The van der Waals surface area contributed by atoms with E-state index in [0.717, 1.165) is 12.3 Å². The van der Waals surface area contributed by atoms with E-state index in [1.165, 1.54) is 19.3 Å². The van der Waals surface area contributed by atoms with E-state index in [0.29, 0.717) is 37.9 Å². The van der Waals surface area contributed by atoms with Crippen LogP contribution >= 0.6 is 0 Å². The summed E-state index contributed by atoms with van der Waals surface area (Å²) in [5.41, 5.74) is -0.730. The van der Waals surface area contributed by atoms with Gasteiger partial charge in [-0.2, -0.15) is 0 Å². The van der Waals surface area contributed by atoms with Gasteiger partial charge in [0, 0.05) is 19.1 Å². The van der Waals surface area contributed by atoms with Crippen molar-refractivity contribution in [1.82, 2.24) is 10.2 Å². The van der Waals surface area contributed by atoms with E-state index in [4.69, 9.17) is 0 Å². The van der Waals surface area contributed by atoms with Gasteiger partial charge in [0.1, 0.15) is 0 Å². The maximum atomic E-state index is 12.3. The van der Waals surface area contributed by atoms with Gasteiger partial charge in [-0.05, 0) is 43.9 Å². The number of carbonyl (C=O) groups excluding carboxylic acids is 1. The molecule has 3 aliphatic rings. The Bertz CT molecular complexity index is 425. The molecule has 1 aliphatic heterocycles. The fourth-order valence-electron chi connectivity index (χ4n) is 4.33. The molecule has 4 unspecified atom stereocenters. The van der Waals surface area contributed by atoms with Crippen LogP contribution in [-0.4, -0.2) is 41.1 Å². The largest absolute Gasteiger partial charge is 0.481 e. The zero-order valence-electron chi connectivity index (χ0n) is 12.1. The minimum Gasteiger partial charge on any atom is -0.481 e. The van der Waals surface area contributed by atoms with Crippen LogP contribution in [0.3, 0.4) is 0 Å². The predicted molar refractivity (Wildman–Crippen MR) is 74.3 cm³/mol. The number of fused-ring (bicyclic) bond motifs is 2. The highest BCUT2D eigenvalue weighted by Crippen LogP contribution is 2.44. The second kappa shape index (κ2) is 4.93. The molecule has 4 atom stereocenters. The van der Waals surface area contributed by atoms with Gasteiger partial charge in [0.05, 0.1) is 5.41 Å². The third kappa shape index (κ3) is 2.17. The first-order valence-electron chi connectivity index (χ1n) is 7.83. The van der Waals surface area contributed by atoms with Crippen LogP contribution in [0, 0.1) is 17.3 Å². The standard InChI is InChI=1S/C15H24N2O3/c1-2-15(13(18)19)5-6-17(9-15)14(20)16-12-8-10-3-4-11(12)7-10/h10-12H,2-9H2,1H3,(H,16,20)(H,18,19). The Hall–Kier alpha value is -1.26. The highest BCUT2D eigenvalue weighted by molar-refractivity contribution is 5.80. The molecule has 0 aromatic rings. The summed E-state index contributed by atoms with van der Waals surface area (Å²) in [6, 6.07) is 0.266. The molecule has 2 N–H and O–H groups in total. The predicted octanol–water partition coefficient (Wildman–Crippen LogP) is 2.07. The topological polar surface area (TPSA) is 69.6 Å². The molecule has 2 bridgehead atoms. The highest BCUT2D eigenvalue weighted by Gasteiger charge is 2.46. The average Bonchev–Trinajstić information content (AvgIpc) is 3.13. The quantitative estimate of drug-likeness (QED) is 0.831. The Morgan fingerprint density at radius 1 is 1.35 bits per heavy atom.